The summed E-state index contributed by atoms with van der Waals surface area (Å²) in [5, 5.41) is 2.51. The lowest BCUT2D eigenvalue weighted by atomic mass is 9.89. The number of carbonyl (C=O) groups is 3. The van der Waals surface area contributed by atoms with Gasteiger partial charge in [0.1, 0.15) is 5.56 Å². The number of thiazole rings is 1. The molecule has 4 rings (SSSR count). The van der Waals surface area contributed by atoms with Crippen LogP contribution in [0.1, 0.15) is 41.7 Å². The van der Waals surface area contributed by atoms with Crippen LogP contribution in [0.2, 0.25) is 0 Å². The predicted molar refractivity (Wildman–Crippen MR) is 120 cm³/mol. The molecular weight excluding hydrogens is 430 g/mol. The lowest BCUT2D eigenvalue weighted by Gasteiger charge is -2.38. The van der Waals surface area contributed by atoms with Gasteiger partial charge in [-0.15, -0.1) is 11.3 Å². The first kappa shape index (κ1) is 21.7. The summed E-state index contributed by atoms with van der Waals surface area (Å²) < 4.78 is 6.13. The number of aromatic nitrogens is 2. The van der Waals surface area contributed by atoms with Crippen LogP contribution in [0.5, 0.6) is 5.88 Å². The largest absolute Gasteiger partial charge is 0.480 e. The molecule has 0 unspecified atom stereocenters. The molecule has 1 aromatic carbocycles. The molecule has 32 heavy (non-hydrogen) atoms. The Balaban J connectivity index is 1.61. The number of hydrogen-bond acceptors (Lipinski definition) is 7. The van der Waals surface area contributed by atoms with Gasteiger partial charge in [0.25, 0.3) is 5.91 Å². The van der Waals surface area contributed by atoms with Gasteiger partial charge in [0.15, 0.2) is 0 Å². The second-order valence-electron chi connectivity index (χ2n) is 7.80. The van der Waals surface area contributed by atoms with Gasteiger partial charge in [-0.05, 0) is 42.5 Å². The molecule has 166 valence electrons. The number of hydrogen-bond donors (Lipinski definition) is 2. The number of benzene rings is 1. The van der Waals surface area contributed by atoms with Crippen molar-refractivity contribution in [3.8, 4) is 5.88 Å². The van der Waals surface area contributed by atoms with Crippen molar-refractivity contribution in [1.29, 1.82) is 0 Å². The Morgan fingerprint density at radius 1 is 1.22 bits per heavy atom. The molecule has 0 bridgehead atoms. The van der Waals surface area contributed by atoms with E-state index in [-0.39, 0.29) is 29.1 Å². The van der Waals surface area contributed by atoms with Crippen LogP contribution in [-0.4, -0.2) is 46.2 Å². The lowest BCUT2D eigenvalue weighted by molar-refractivity contribution is -0.146. The van der Waals surface area contributed by atoms with Crippen LogP contribution in [-0.2, 0) is 9.59 Å². The number of likely N-dealkylation sites (tertiary alicyclic amines) is 1. The van der Waals surface area contributed by atoms with Crippen molar-refractivity contribution in [3.05, 3.63) is 47.1 Å². The summed E-state index contributed by atoms with van der Waals surface area (Å²) in [4.78, 5) is 47.9. The first-order valence-corrected chi connectivity index (χ1v) is 11.0. The second kappa shape index (κ2) is 8.91. The van der Waals surface area contributed by atoms with Crippen molar-refractivity contribution in [2.45, 2.75) is 25.8 Å². The fourth-order valence-corrected chi connectivity index (χ4v) is 4.71. The van der Waals surface area contributed by atoms with Crippen molar-refractivity contribution >= 4 is 45.0 Å². The van der Waals surface area contributed by atoms with Crippen LogP contribution in [0, 0.1) is 5.92 Å². The molecule has 1 aliphatic rings. The number of rotatable bonds is 4. The Hall–Kier alpha value is -3.53. The number of carbonyl (C=O) groups excluding carboxylic acids is 3. The van der Waals surface area contributed by atoms with Gasteiger partial charge in [0.2, 0.25) is 5.88 Å². The third-order valence-electron chi connectivity index (χ3n) is 5.62. The summed E-state index contributed by atoms with van der Waals surface area (Å²) in [5.41, 5.74) is 9.02. The van der Waals surface area contributed by atoms with E-state index in [0.717, 1.165) is 28.6 Å². The molecule has 3 aromatic rings. The van der Waals surface area contributed by atoms with Crippen LogP contribution in [0.4, 0.5) is 5.69 Å². The number of pyridine rings is 1. The van der Waals surface area contributed by atoms with Gasteiger partial charge in [-0.25, -0.2) is 9.97 Å². The normalized spacial score (nSPS) is 18.4. The van der Waals surface area contributed by atoms with E-state index in [1.165, 1.54) is 19.4 Å². The van der Waals surface area contributed by atoms with Crippen LogP contribution >= 0.6 is 11.3 Å². The fourth-order valence-electron chi connectivity index (χ4n) is 4.05. The minimum absolute atomic E-state index is 0.0243. The van der Waals surface area contributed by atoms with Crippen LogP contribution in [0.3, 0.4) is 0 Å². The quantitative estimate of drug-likeness (QED) is 0.585. The van der Waals surface area contributed by atoms with Crippen molar-refractivity contribution in [2.75, 3.05) is 19.0 Å². The SMILES string of the molecule is COc1nccc(NC(=O)C(=O)N2C[C@@H](C)CC[C@@H]2c2ccc3scnc3c2)c1C(N)=O. The molecule has 0 spiro atoms. The smallest absolute Gasteiger partial charge is 0.313 e. The number of amides is 3. The topological polar surface area (TPSA) is 128 Å². The van der Waals surface area contributed by atoms with Gasteiger partial charge in [0, 0.05) is 12.7 Å². The highest BCUT2D eigenvalue weighted by Crippen LogP contribution is 2.35. The molecular formula is C22H23N5O4S. The van der Waals surface area contributed by atoms with Gasteiger partial charge >= 0.3 is 11.8 Å². The van der Waals surface area contributed by atoms with Gasteiger partial charge in [-0.3, -0.25) is 14.4 Å². The number of nitrogens with one attached hydrogen (secondary N) is 1. The average molecular weight is 454 g/mol. The molecule has 1 aliphatic heterocycles. The minimum Gasteiger partial charge on any atom is -0.480 e. The fraction of sp³-hybridized carbons (Fsp3) is 0.318. The Morgan fingerprint density at radius 3 is 2.78 bits per heavy atom. The zero-order valence-corrected chi connectivity index (χ0v) is 18.5. The molecule has 2 aromatic heterocycles. The van der Waals surface area contributed by atoms with Crippen LogP contribution in [0.25, 0.3) is 10.2 Å². The maximum absolute atomic E-state index is 13.2. The average Bonchev–Trinajstić information content (AvgIpc) is 3.26. The molecule has 2 atom stereocenters. The van der Waals surface area contributed by atoms with Gasteiger partial charge in [-0.1, -0.05) is 13.0 Å². The number of methoxy groups -OCH3 is 1. The molecule has 1 fully saturated rings. The van der Waals surface area contributed by atoms with E-state index in [4.69, 9.17) is 10.5 Å². The molecule has 3 N–H and O–H groups in total. The summed E-state index contributed by atoms with van der Waals surface area (Å²) in [7, 11) is 1.34. The van der Waals surface area contributed by atoms with Gasteiger partial charge in [-0.2, -0.15) is 0 Å². The lowest BCUT2D eigenvalue weighted by Crippen LogP contribution is -2.46. The van der Waals surface area contributed by atoms with E-state index in [2.05, 4.69) is 22.2 Å². The molecule has 3 heterocycles. The van der Waals surface area contributed by atoms with Gasteiger partial charge < -0.3 is 20.7 Å². The number of ether oxygens (including phenoxy) is 1. The molecule has 0 saturated carbocycles. The number of piperidine rings is 1. The van der Waals surface area contributed by atoms with Crippen molar-refractivity contribution < 1.29 is 19.1 Å². The molecule has 9 nitrogen and oxygen atoms in total. The standard InChI is InChI=1S/C22H23N5O4S/c1-12-3-5-16(13-4-6-17-15(9-13)25-11-32-17)27(10-12)22(30)20(29)26-14-7-8-24-21(31-2)18(14)19(23)28/h4,6-9,11-12,16H,3,5,10H2,1-2H3,(H2,23,28)(H,24,26,29)/t12-,16+/m0/s1. The molecule has 3 amide bonds. The Labute approximate surface area is 188 Å². The molecule has 0 radical (unpaired) electrons. The maximum atomic E-state index is 13.2. The summed E-state index contributed by atoms with van der Waals surface area (Å²) in [6, 6.07) is 7.12. The highest BCUT2D eigenvalue weighted by atomic mass is 32.1. The van der Waals surface area contributed by atoms with E-state index >= 15 is 0 Å². The second-order valence-corrected chi connectivity index (χ2v) is 8.68. The Morgan fingerprint density at radius 2 is 2.03 bits per heavy atom. The first-order chi connectivity index (χ1) is 15.4. The summed E-state index contributed by atoms with van der Waals surface area (Å²) in [6.45, 7) is 2.51. The Bertz CT molecular complexity index is 1190. The van der Waals surface area contributed by atoms with E-state index in [1.807, 2.05) is 18.2 Å². The predicted octanol–water partition coefficient (Wildman–Crippen LogP) is 2.74. The highest BCUT2D eigenvalue weighted by molar-refractivity contribution is 7.16. The first-order valence-electron chi connectivity index (χ1n) is 10.2. The molecule has 10 heteroatoms. The zero-order chi connectivity index (χ0) is 22.8. The number of fused-ring (bicyclic) bond motifs is 1. The van der Waals surface area contributed by atoms with Crippen LogP contribution < -0.4 is 15.8 Å². The Kier molecular flexibility index (Phi) is 6.04. The maximum Gasteiger partial charge on any atom is 0.313 e. The third kappa shape index (κ3) is 4.13. The highest BCUT2D eigenvalue weighted by Gasteiger charge is 2.35. The monoisotopic (exact) mass is 453 g/mol. The third-order valence-corrected chi connectivity index (χ3v) is 6.43. The number of primary amides is 1. The number of anilines is 1. The molecule has 1 saturated heterocycles. The van der Waals surface area contributed by atoms with E-state index in [1.54, 1.807) is 21.7 Å². The minimum atomic E-state index is -0.852. The van der Waals surface area contributed by atoms with E-state index < -0.39 is 17.7 Å². The van der Waals surface area contributed by atoms with Crippen molar-refractivity contribution in [1.82, 2.24) is 14.9 Å². The summed E-state index contributed by atoms with van der Waals surface area (Å²) >= 11 is 1.55. The number of nitrogens with two attached hydrogens (primary N) is 1. The number of nitrogens with zero attached hydrogens (tertiary/aromatic N) is 3. The summed E-state index contributed by atoms with van der Waals surface area (Å²) in [5.74, 6) is -2.11. The van der Waals surface area contributed by atoms with Crippen molar-refractivity contribution in [3.63, 3.8) is 0 Å². The summed E-state index contributed by atoms with van der Waals surface area (Å²) in [6.07, 6.45) is 3.05. The zero-order valence-electron chi connectivity index (χ0n) is 17.7. The molecule has 0 aliphatic carbocycles. The van der Waals surface area contributed by atoms with Gasteiger partial charge in [0.05, 0.1) is 34.6 Å². The van der Waals surface area contributed by atoms with Crippen molar-refractivity contribution in [2.24, 2.45) is 11.7 Å². The van der Waals surface area contributed by atoms with E-state index in [0.29, 0.717) is 6.54 Å². The van der Waals surface area contributed by atoms with Crippen LogP contribution in [0.15, 0.2) is 36.0 Å². The van der Waals surface area contributed by atoms with E-state index in [9.17, 15) is 14.4 Å².